The minimum Gasteiger partial charge on any atom is -0.469 e. The Balaban J connectivity index is 2.19. The summed E-state index contributed by atoms with van der Waals surface area (Å²) in [7, 11) is 1.43. The molecule has 0 bridgehead atoms. The van der Waals surface area contributed by atoms with Gasteiger partial charge in [0, 0.05) is 12.8 Å². The first-order valence-corrected chi connectivity index (χ1v) is 10.5. The lowest BCUT2D eigenvalue weighted by Gasteiger charge is -2.11. The molecule has 3 atom stereocenters. The minimum atomic E-state index is -0.637. The third kappa shape index (κ3) is 11.8. The van der Waals surface area contributed by atoms with Crippen LogP contribution in [0.3, 0.4) is 0 Å². The topological polar surface area (TPSA) is 74.4 Å². The third-order valence-corrected chi connectivity index (χ3v) is 4.51. The van der Waals surface area contributed by atoms with Gasteiger partial charge in [0.1, 0.15) is 12.2 Å². The molecule has 1 rings (SSSR count). The van der Waals surface area contributed by atoms with Crippen molar-refractivity contribution in [3.8, 4) is 0 Å². The summed E-state index contributed by atoms with van der Waals surface area (Å²) in [6.07, 6.45) is 15.8. The van der Waals surface area contributed by atoms with Crippen LogP contribution in [0.5, 0.6) is 0 Å². The molecule has 0 amide bonds. The summed E-state index contributed by atoms with van der Waals surface area (Å²) in [6.45, 7) is 4.12. The summed E-state index contributed by atoms with van der Waals surface area (Å²) >= 11 is 0. The maximum atomic E-state index is 11.6. The molecule has 0 spiro atoms. The van der Waals surface area contributed by atoms with Crippen molar-refractivity contribution < 1.29 is 28.5 Å². The summed E-state index contributed by atoms with van der Waals surface area (Å²) in [6, 6.07) is 0. The van der Waals surface area contributed by atoms with E-state index >= 15 is 0 Å². The summed E-state index contributed by atoms with van der Waals surface area (Å²) in [5, 5.41) is 0. The van der Waals surface area contributed by atoms with Gasteiger partial charge in [0.05, 0.1) is 19.8 Å². The molecule has 28 heavy (non-hydrogen) atoms. The zero-order valence-corrected chi connectivity index (χ0v) is 17.6. The first-order valence-electron chi connectivity index (χ1n) is 10.5. The van der Waals surface area contributed by atoms with Crippen LogP contribution in [0.4, 0.5) is 4.79 Å². The van der Waals surface area contributed by atoms with E-state index in [1.54, 1.807) is 6.92 Å². The number of esters is 1. The number of ether oxygens (including phenoxy) is 4. The van der Waals surface area contributed by atoms with E-state index < -0.39 is 6.16 Å². The molecule has 160 valence electrons. The number of rotatable bonds is 15. The maximum Gasteiger partial charge on any atom is 0.508 e. The molecule has 0 N–H and O–H groups in total. The first kappa shape index (κ1) is 24.2. The molecule has 0 saturated carbocycles. The van der Waals surface area contributed by atoms with Gasteiger partial charge in [-0.15, -0.1) is 0 Å². The van der Waals surface area contributed by atoms with Gasteiger partial charge in [-0.2, -0.15) is 0 Å². The van der Waals surface area contributed by atoms with Gasteiger partial charge in [0.15, 0.2) is 0 Å². The van der Waals surface area contributed by atoms with Crippen LogP contribution in [-0.4, -0.2) is 44.2 Å². The van der Waals surface area contributed by atoms with Crippen LogP contribution in [0.25, 0.3) is 0 Å². The fourth-order valence-corrected chi connectivity index (χ4v) is 2.88. The number of hydrogen-bond donors (Lipinski definition) is 0. The smallest absolute Gasteiger partial charge is 0.469 e. The molecular weight excluding hydrogens is 360 g/mol. The average Bonchev–Trinajstić information content (AvgIpc) is 3.43. The number of epoxide rings is 1. The van der Waals surface area contributed by atoms with Gasteiger partial charge < -0.3 is 18.9 Å². The van der Waals surface area contributed by atoms with E-state index in [0.29, 0.717) is 19.4 Å². The molecule has 0 radical (unpaired) electrons. The Morgan fingerprint density at radius 3 is 2.54 bits per heavy atom. The summed E-state index contributed by atoms with van der Waals surface area (Å²) in [5.74, 6) is -0.128. The van der Waals surface area contributed by atoms with Crippen molar-refractivity contribution in [2.45, 2.75) is 89.9 Å². The number of allylic oxidation sites excluding steroid dienone is 1. The Bertz CT molecular complexity index is 499. The Morgan fingerprint density at radius 2 is 1.82 bits per heavy atom. The van der Waals surface area contributed by atoms with Crippen molar-refractivity contribution in [2.24, 2.45) is 0 Å². The standard InChI is InChI=1S/C22H36O6/c1-4-6-10-13-18(27-22(24)26-5-2)16-17-20-19(28-20)14-11-8-7-9-12-15-21(23)25-3/h6,10,16-20H,4-5,7-9,11-15H2,1-3H3/b10-6-,17-16+/t18-,19?,20?/m0/s1. The van der Waals surface area contributed by atoms with Gasteiger partial charge in [-0.3, -0.25) is 4.79 Å². The third-order valence-electron chi connectivity index (χ3n) is 4.51. The van der Waals surface area contributed by atoms with Crippen LogP contribution < -0.4 is 0 Å². The number of hydrogen-bond acceptors (Lipinski definition) is 6. The molecular formula is C22H36O6. The first-order chi connectivity index (χ1) is 13.6. The van der Waals surface area contributed by atoms with Crippen LogP contribution >= 0.6 is 0 Å². The molecule has 1 saturated heterocycles. The van der Waals surface area contributed by atoms with Gasteiger partial charge in [-0.25, -0.2) is 4.79 Å². The van der Waals surface area contributed by atoms with E-state index in [4.69, 9.17) is 14.2 Å². The van der Waals surface area contributed by atoms with E-state index in [-0.39, 0.29) is 24.3 Å². The fraction of sp³-hybridized carbons (Fsp3) is 0.727. The molecule has 6 nitrogen and oxygen atoms in total. The van der Waals surface area contributed by atoms with Crippen LogP contribution in [0.2, 0.25) is 0 Å². The van der Waals surface area contributed by atoms with Crippen LogP contribution in [0, 0.1) is 0 Å². The van der Waals surface area contributed by atoms with Gasteiger partial charge in [0.2, 0.25) is 0 Å². The van der Waals surface area contributed by atoms with Crippen molar-refractivity contribution in [2.75, 3.05) is 13.7 Å². The lowest BCUT2D eigenvalue weighted by Crippen LogP contribution is -2.16. The highest BCUT2D eigenvalue weighted by atomic mass is 16.7. The maximum absolute atomic E-state index is 11.6. The normalized spacial score (nSPS) is 19.7. The quantitative estimate of drug-likeness (QED) is 0.166. The molecule has 1 heterocycles. The number of unbranched alkanes of at least 4 members (excludes halogenated alkanes) is 4. The molecule has 1 aliphatic heterocycles. The lowest BCUT2D eigenvalue weighted by atomic mass is 10.1. The van der Waals surface area contributed by atoms with Crippen molar-refractivity contribution >= 4 is 12.1 Å². The monoisotopic (exact) mass is 396 g/mol. The Labute approximate surface area is 169 Å². The van der Waals surface area contributed by atoms with E-state index in [0.717, 1.165) is 44.9 Å². The molecule has 1 fully saturated rings. The molecule has 2 unspecified atom stereocenters. The predicted octanol–water partition coefficient (Wildman–Crippen LogP) is 5.11. The summed E-state index contributed by atoms with van der Waals surface area (Å²) in [4.78, 5) is 22.6. The predicted molar refractivity (Wildman–Crippen MR) is 108 cm³/mol. The molecule has 0 aromatic heterocycles. The minimum absolute atomic E-state index is 0.114. The Morgan fingerprint density at radius 1 is 1.07 bits per heavy atom. The van der Waals surface area contributed by atoms with Crippen LogP contribution in [-0.2, 0) is 23.7 Å². The number of carbonyl (C=O) groups is 2. The van der Waals surface area contributed by atoms with Crippen LogP contribution in [0.15, 0.2) is 24.3 Å². The highest BCUT2D eigenvalue weighted by Crippen LogP contribution is 2.29. The van der Waals surface area contributed by atoms with Gasteiger partial charge >= 0.3 is 12.1 Å². The zero-order chi connectivity index (χ0) is 20.6. The highest BCUT2D eigenvalue weighted by molar-refractivity contribution is 5.68. The molecule has 0 aromatic rings. The molecule has 0 aromatic carbocycles. The van der Waals surface area contributed by atoms with Crippen molar-refractivity contribution in [3.05, 3.63) is 24.3 Å². The second kappa shape index (κ2) is 15.1. The van der Waals surface area contributed by atoms with E-state index in [1.807, 2.05) is 18.2 Å². The average molecular weight is 397 g/mol. The molecule has 0 aliphatic carbocycles. The highest BCUT2D eigenvalue weighted by Gasteiger charge is 2.35. The van der Waals surface area contributed by atoms with Crippen molar-refractivity contribution in [1.29, 1.82) is 0 Å². The number of methoxy groups -OCH3 is 1. The van der Waals surface area contributed by atoms with E-state index in [9.17, 15) is 9.59 Å². The SMILES string of the molecule is CC/C=C\C[C@@H](/C=C/C1OC1CCCCCCCC(=O)OC)OC(=O)OCC. The Hall–Kier alpha value is -1.82. The zero-order valence-electron chi connectivity index (χ0n) is 17.6. The fourth-order valence-electron chi connectivity index (χ4n) is 2.88. The molecule has 1 aliphatic rings. The lowest BCUT2D eigenvalue weighted by molar-refractivity contribution is -0.140. The molecule has 6 heteroatoms. The van der Waals surface area contributed by atoms with E-state index in [1.165, 1.54) is 7.11 Å². The van der Waals surface area contributed by atoms with Crippen molar-refractivity contribution in [1.82, 2.24) is 0 Å². The Kier molecular flexibility index (Phi) is 13.1. The second-order valence-corrected chi connectivity index (χ2v) is 6.86. The van der Waals surface area contributed by atoms with Gasteiger partial charge in [-0.1, -0.05) is 50.8 Å². The largest absolute Gasteiger partial charge is 0.508 e. The summed E-state index contributed by atoms with van der Waals surface area (Å²) in [5.41, 5.74) is 0. The summed E-state index contributed by atoms with van der Waals surface area (Å²) < 4.78 is 20.5. The van der Waals surface area contributed by atoms with Crippen molar-refractivity contribution in [3.63, 3.8) is 0 Å². The number of carbonyl (C=O) groups excluding carboxylic acids is 2. The van der Waals surface area contributed by atoms with Crippen LogP contribution in [0.1, 0.15) is 71.6 Å². The van der Waals surface area contributed by atoms with Gasteiger partial charge in [-0.05, 0) is 32.3 Å². The van der Waals surface area contributed by atoms with Gasteiger partial charge in [0.25, 0.3) is 0 Å². The van der Waals surface area contributed by atoms with E-state index in [2.05, 4.69) is 17.7 Å². The second-order valence-electron chi connectivity index (χ2n) is 6.86.